The van der Waals surface area contributed by atoms with Crippen LogP contribution in [0.2, 0.25) is 0 Å². The zero-order valence-corrected chi connectivity index (χ0v) is 25.2. The molecule has 0 saturated carbocycles. The molecule has 1 rings (SSSR count). The van der Waals surface area contributed by atoms with E-state index in [-0.39, 0.29) is 10.8 Å². The van der Waals surface area contributed by atoms with Gasteiger partial charge in [0.05, 0.1) is 0 Å². The van der Waals surface area contributed by atoms with Gasteiger partial charge in [0.1, 0.15) is 12.0 Å². The van der Waals surface area contributed by atoms with E-state index in [1.165, 1.54) is 95.5 Å². The van der Waals surface area contributed by atoms with Crippen molar-refractivity contribution in [3.63, 3.8) is 0 Å². The minimum absolute atomic E-state index is 0.0713. The van der Waals surface area contributed by atoms with Crippen LogP contribution < -0.4 is 0 Å². The molecule has 0 heterocycles. The Morgan fingerprint density at radius 1 is 0.694 bits per heavy atom. The van der Waals surface area contributed by atoms with Crippen molar-refractivity contribution in [3.05, 3.63) is 28.8 Å². The Bertz CT molecular complexity index is 685. The normalized spacial score (nSPS) is 13.2. The summed E-state index contributed by atoms with van der Waals surface area (Å²) in [6, 6.07) is 4.55. The van der Waals surface area contributed by atoms with E-state index in [2.05, 4.69) is 60.6 Å². The van der Waals surface area contributed by atoms with Crippen molar-refractivity contribution >= 4 is 6.29 Å². The van der Waals surface area contributed by atoms with Gasteiger partial charge in [0.15, 0.2) is 0 Å². The van der Waals surface area contributed by atoms with E-state index in [1.54, 1.807) is 0 Å². The highest BCUT2D eigenvalue weighted by molar-refractivity contribution is 5.50. The predicted molar refractivity (Wildman–Crippen MR) is 158 cm³/mol. The average Bonchev–Trinajstić information content (AvgIpc) is 2.80. The Balaban J connectivity index is 2.77. The molecule has 1 atom stereocenters. The third-order valence-electron chi connectivity index (χ3n) is 7.78. The van der Waals surface area contributed by atoms with E-state index in [1.807, 2.05) is 0 Å². The maximum Gasteiger partial charge on any atom is 0.123 e. The first kappa shape index (κ1) is 32.7. The molecule has 1 aromatic carbocycles. The number of aldehydes is 1. The number of carbonyl (C=O) groups excluding carboxylic acids is 1. The summed E-state index contributed by atoms with van der Waals surface area (Å²) < 4.78 is 0. The highest BCUT2D eigenvalue weighted by Gasteiger charge is 2.26. The number of phenolic OH excluding ortho intramolecular Hbond substituents is 1. The fourth-order valence-electron chi connectivity index (χ4n) is 5.37. The van der Waals surface area contributed by atoms with Crippen molar-refractivity contribution in [2.24, 2.45) is 5.92 Å². The Hall–Kier alpha value is -1.31. The van der Waals surface area contributed by atoms with Crippen LogP contribution in [0.4, 0.5) is 0 Å². The Morgan fingerprint density at radius 3 is 1.58 bits per heavy atom. The standard InChI is InChI=1S/C34H60O2/c1-8-9-10-11-12-13-15-18-21-28(22-19-16-14-17-20-25-35)23-24-29-26-30(33(2,3)4)32(36)31(27-29)34(5,6)7/h25-28,36H,8-24H2,1-7H3. The fraction of sp³-hybridized carbons (Fsp3) is 0.794. The van der Waals surface area contributed by atoms with Gasteiger partial charge in [0, 0.05) is 6.42 Å². The second kappa shape index (κ2) is 17.2. The van der Waals surface area contributed by atoms with Crippen LogP contribution in [0.1, 0.15) is 168 Å². The number of hydrogen-bond acceptors (Lipinski definition) is 2. The predicted octanol–water partition coefficient (Wildman–Crippen LogP) is 10.6. The first-order valence-electron chi connectivity index (χ1n) is 15.3. The lowest BCUT2D eigenvalue weighted by atomic mass is 9.77. The van der Waals surface area contributed by atoms with Crippen LogP contribution in [0.25, 0.3) is 0 Å². The van der Waals surface area contributed by atoms with E-state index in [9.17, 15) is 9.90 Å². The third kappa shape index (κ3) is 13.3. The molecular weight excluding hydrogens is 440 g/mol. The van der Waals surface area contributed by atoms with Crippen LogP contribution in [-0.2, 0) is 22.0 Å². The summed E-state index contributed by atoms with van der Waals surface area (Å²) in [5.41, 5.74) is 3.41. The summed E-state index contributed by atoms with van der Waals surface area (Å²) in [4.78, 5) is 10.6. The lowest BCUT2D eigenvalue weighted by Gasteiger charge is -2.28. The van der Waals surface area contributed by atoms with E-state index in [0.717, 1.165) is 42.6 Å². The second-order valence-corrected chi connectivity index (χ2v) is 13.4. The maximum absolute atomic E-state index is 11.1. The van der Waals surface area contributed by atoms with Gasteiger partial charge in [0.2, 0.25) is 0 Å². The lowest BCUT2D eigenvalue weighted by Crippen LogP contribution is -2.18. The number of benzene rings is 1. The van der Waals surface area contributed by atoms with Gasteiger partial charge < -0.3 is 9.90 Å². The molecule has 0 aliphatic rings. The number of carbonyl (C=O) groups is 1. The van der Waals surface area contributed by atoms with Gasteiger partial charge in [-0.25, -0.2) is 0 Å². The lowest BCUT2D eigenvalue weighted by molar-refractivity contribution is -0.107. The van der Waals surface area contributed by atoms with E-state index in [4.69, 9.17) is 0 Å². The number of unbranched alkanes of at least 4 members (excludes halogenated alkanes) is 11. The Morgan fingerprint density at radius 2 is 1.14 bits per heavy atom. The largest absolute Gasteiger partial charge is 0.507 e. The quantitative estimate of drug-likeness (QED) is 0.151. The summed E-state index contributed by atoms with van der Waals surface area (Å²) in [5.74, 6) is 1.27. The maximum atomic E-state index is 11.1. The van der Waals surface area contributed by atoms with E-state index in [0.29, 0.717) is 5.75 Å². The van der Waals surface area contributed by atoms with Crippen LogP contribution in [0, 0.1) is 5.92 Å². The molecule has 0 aliphatic heterocycles. The summed E-state index contributed by atoms with van der Waals surface area (Å²) in [6.07, 6.45) is 22.6. The van der Waals surface area contributed by atoms with Gasteiger partial charge in [-0.1, -0.05) is 144 Å². The van der Waals surface area contributed by atoms with E-state index >= 15 is 0 Å². The summed E-state index contributed by atoms with van der Waals surface area (Å²) in [6.45, 7) is 15.5. The van der Waals surface area contributed by atoms with Gasteiger partial charge in [-0.2, -0.15) is 0 Å². The smallest absolute Gasteiger partial charge is 0.123 e. The Labute approximate surface area is 225 Å². The molecule has 1 aromatic rings. The number of phenols is 1. The van der Waals surface area contributed by atoms with Gasteiger partial charge in [0.25, 0.3) is 0 Å². The highest BCUT2D eigenvalue weighted by Crippen LogP contribution is 2.40. The topological polar surface area (TPSA) is 37.3 Å². The first-order valence-corrected chi connectivity index (χ1v) is 15.3. The third-order valence-corrected chi connectivity index (χ3v) is 7.78. The molecule has 1 N–H and O–H groups in total. The van der Waals surface area contributed by atoms with Crippen LogP contribution in [0.5, 0.6) is 5.75 Å². The molecule has 0 fully saturated rings. The zero-order chi connectivity index (χ0) is 27.0. The van der Waals surface area contributed by atoms with Crippen molar-refractivity contribution in [3.8, 4) is 5.75 Å². The number of aryl methyl sites for hydroxylation is 1. The molecule has 0 spiro atoms. The van der Waals surface area contributed by atoms with Crippen LogP contribution in [-0.4, -0.2) is 11.4 Å². The van der Waals surface area contributed by atoms with Crippen molar-refractivity contribution in [1.29, 1.82) is 0 Å². The van der Waals surface area contributed by atoms with Gasteiger partial charge >= 0.3 is 0 Å². The van der Waals surface area contributed by atoms with Crippen LogP contribution in [0.15, 0.2) is 12.1 Å². The number of aromatic hydroxyl groups is 1. The van der Waals surface area contributed by atoms with Gasteiger partial charge in [-0.15, -0.1) is 0 Å². The molecule has 2 heteroatoms. The number of hydrogen-bond donors (Lipinski definition) is 1. The molecule has 1 unspecified atom stereocenters. The molecule has 0 aliphatic carbocycles. The highest BCUT2D eigenvalue weighted by atomic mass is 16.3. The molecule has 36 heavy (non-hydrogen) atoms. The SMILES string of the molecule is CCCCCCCCCCC(CCCCCCC=O)CCc1cc(C(C)(C)C)c(O)c(C(C)(C)C)c1. The van der Waals surface area contributed by atoms with Crippen molar-refractivity contribution < 1.29 is 9.90 Å². The van der Waals surface area contributed by atoms with Crippen molar-refractivity contribution in [2.75, 3.05) is 0 Å². The zero-order valence-electron chi connectivity index (χ0n) is 25.2. The fourth-order valence-corrected chi connectivity index (χ4v) is 5.37. The molecule has 208 valence electrons. The van der Waals surface area contributed by atoms with Crippen LogP contribution >= 0.6 is 0 Å². The molecule has 2 nitrogen and oxygen atoms in total. The molecule has 0 amide bonds. The van der Waals surface area contributed by atoms with Crippen LogP contribution in [0.3, 0.4) is 0 Å². The number of rotatable bonds is 19. The summed E-state index contributed by atoms with van der Waals surface area (Å²) >= 11 is 0. The van der Waals surface area contributed by atoms with Crippen molar-refractivity contribution in [1.82, 2.24) is 0 Å². The molecule has 0 aromatic heterocycles. The average molecular weight is 501 g/mol. The van der Waals surface area contributed by atoms with E-state index < -0.39 is 0 Å². The monoisotopic (exact) mass is 500 g/mol. The van der Waals surface area contributed by atoms with Gasteiger partial charge in [-0.3, -0.25) is 0 Å². The summed E-state index contributed by atoms with van der Waals surface area (Å²) in [7, 11) is 0. The van der Waals surface area contributed by atoms with Gasteiger partial charge in [-0.05, 0) is 52.7 Å². The molecular formula is C34H60O2. The summed E-state index contributed by atoms with van der Waals surface area (Å²) in [5, 5.41) is 11.1. The van der Waals surface area contributed by atoms with Crippen molar-refractivity contribution in [2.45, 2.75) is 168 Å². The molecule has 0 radical (unpaired) electrons. The second-order valence-electron chi connectivity index (χ2n) is 13.4. The molecule has 0 bridgehead atoms. The Kier molecular flexibility index (Phi) is 15.7. The first-order chi connectivity index (χ1) is 17.0. The minimum atomic E-state index is -0.0713. The minimum Gasteiger partial charge on any atom is -0.507 e. The molecule has 0 saturated heterocycles.